The molecule has 0 aliphatic carbocycles. The molecule has 0 aromatic heterocycles. The highest BCUT2D eigenvalue weighted by Crippen LogP contribution is 2.36. The van der Waals surface area contributed by atoms with Crippen molar-refractivity contribution in [1.82, 2.24) is 0 Å². The van der Waals surface area contributed by atoms with Crippen LogP contribution in [0, 0.1) is 16.0 Å². The quantitative estimate of drug-likeness (QED) is 0.509. The van der Waals surface area contributed by atoms with E-state index in [1.54, 1.807) is 6.07 Å². The lowest BCUT2D eigenvalue weighted by Crippen LogP contribution is -2.33. The first-order valence-electron chi connectivity index (χ1n) is 5.97. The Morgan fingerprint density at radius 1 is 1.44 bits per heavy atom. The van der Waals surface area contributed by atoms with Gasteiger partial charge in [-0.2, -0.15) is 0 Å². The van der Waals surface area contributed by atoms with Gasteiger partial charge in [-0.15, -0.1) is 0 Å². The van der Waals surface area contributed by atoms with E-state index in [0.29, 0.717) is 17.3 Å². The highest BCUT2D eigenvalue weighted by Gasteiger charge is 2.24. The Labute approximate surface area is 111 Å². The van der Waals surface area contributed by atoms with Gasteiger partial charge in [0.2, 0.25) is 0 Å². The van der Waals surface area contributed by atoms with Gasteiger partial charge in [-0.05, 0) is 24.8 Å². The molecule has 0 spiro atoms. The first kappa shape index (κ1) is 13.0. The van der Waals surface area contributed by atoms with Gasteiger partial charge >= 0.3 is 0 Å². The number of nitrogen functional groups attached to an aromatic ring is 1. The third-order valence-corrected chi connectivity index (χ3v) is 3.74. The van der Waals surface area contributed by atoms with Gasteiger partial charge in [-0.25, -0.2) is 0 Å². The van der Waals surface area contributed by atoms with Gasteiger partial charge in [0.05, 0.1) is 15.6 Å². The maximum absolute atomic E-state index is 11.1. The first-order chi connectivity index (χ1) is 8.49. The summed E-state index contributed by atoms with van der Waals surface area (Å²) in [5, 5.41) is 11.3. The van der Waals surface area contributed by atoms with Crippen LogP contribution in [0.1, 0.15) is 19.8 Å². The largest absolute Gasteiger partial charge is 0.397 e. The zero-order valence-electron chi connectivity index (χ0n) is 10.2. The Morgan fingerprint density at radius 3 is 2.61 bits per heavy atom. The number of benzene rings is 1. The minimum Gasteiger partial charge on any atom is -0.397 e. The van der Waals surface area contributed by atoms with Crippen molar-refractivity contribution in [2.75, 3.05) is 23.7 Å². The molecule has 2 N–H and O–H groups in total. The predicted octanol–water partition coefficient (Wildman–Crippen LogP) is 3.07. The summed E-state index contributed by atoms with van der Waals surface area (Å²) in [6.45, 7) is 3.84. The van der Waals surface area contributed by atoms with E-state index in [9.17, 15) is 10.1 Å². The number of anilines is 2. The molecule has 1 heterocycles. The highest BCUT2D eigenvalue weighted by molar-refractivity contribution is 6.33. The van der Waals surface area contributed by atoms with Crippen LogP contribution in [0.5, 0.6) is 0 Å². The van der Waals surface area contributed by atoms with Crippen LogP contribution < -0.4 is 10.6 Å². The van der Waals surface area contributed by atoms with E-state index >= 15 is 0 Å². The molecule has 0 radical (unpaired) electrons. The molecule has 5 nitrogen and oxygen atoms in total. The van der Waals surface area contributed by atoms with E-state index in [4.69, 9.17) is 17.3 Å². The number of nitro benzene ring substituents is 1. The Balaban J connectivity index is 2.36. The van der Waals surface area contributed by atoms with Crippen molar-refractivity contribution in [3.63, 3.8) is 0 Å². The second-order valence-electron chi connectivity index (χ2n) is 4.79. The molecule has 0 bridgehead atoms. The van der Waals surface area contributed by atoms with Gasteiger partial charge in [0, 0.05) is 19.2 Å². The van der Waals surface area contributed by atoms with E-state index in [0.717, 1.165) is 25.9 Å². The van der Waals surface area contributed by atoms with Crippen LogP contribution >= 0.6 is 11.6 Å². The van der Waals surface area contributed by atoms with Gasteiger partial charge < -0.3 is 10.6 Å². The molecule has 6 heteroatoms. The number of piperidine rings is 1. The summed E-state index contributed by atoms with van der Waals surface area (Å²) in [5.41, 5.74) is 6.74. The van der Waals surface area contributed by atoms with Crippen molar-refractivity contribution < 1.29 is 4.92 Å². The summed E-state index contributed by atoms with van der Waals surface area (Å²) >= 11 is 5.84. The summed E-state index contributed by atoms with van der Waals surface area (Å²) < 4.78 is 0. The molecule has 18 heavy (non-hydrogen) atoms. The molecular weight excluding hydrogens is 254 g/mol. The molecule has 0 atom stereocenters. The monoisotopic (exact) mass is 269 g/mol. The molecule has 1 aromatic rings. The lowest BCUT2D eigenvalue weighted by atomic mass is 9.98. The number of hydrogen-bond acceptors (Lipinski definition) is 4. The fourth-order valence-corrected chi connectivity index (χ4v) is 2.37. The number of nitrogens with two attached hydrogens (primary N) is 1. The van der Waals surface area contributed by atoms with Crippen molar-refractivity contribution in [3.8, 4) is 0 Å². The number of rotatable bonds is 2. The van der Waals surface area contributed by atoms with Gasteiger partial charge in [0.15, 0.2) is 0 Å². The van der Waals surface area contributed by atoms with Crippen LogP contribution in [0.15, 0.2) is 12.1 Å². The zero-order valence-corrected chi connectivity index (χ0v) is 11.0. The number of hydrogen-bond donors (Lipinski definition) is 1. The first-order valence-corrected chi connectivity index (χ1v) is 6.35. The molecule has 1 aliphatic rings. The van der Waals surface area contributed by atoms with Crippen molar-refractivity contribution in [2.45, 2.75) is 19.8 Å². The van der Waals surface area contributed by atoms with E-state index in [1.165, 1.54) is 6.07 Å². The summed E-state index contributed by atoms with van der Waals surface area (Å²) in [5.74, 6) is 0.671. The summed E-state index contributed by atoms with van der Waals surface area (Å²) in [6.07, 6.45) is 2.08. The Morgan fingerprint density at radius 2 is 2.06 bits per heavy atom. The fraction of sp³-hybridized carbons (Fsp3) is 0.500. The minimum absolute atomic E-state index is 0.0313. The summed E-state index contributed by atoms with van der Waals surface area (Å²) in [7, 11) is 0. The average Bonchev–Trinajstić information content (AvgIpc) is 2.33. The van der Waals surface area contributed by atoms with E-state index in [-0.39, 0.29) is 10.7 Å². The van der Waals surface area contributed by atoms with E-state index in [1.807, 2.05) is 4.90 Å². The molecule has 98 valence electrons. The summed E-state index contributed by atoms with van der Waals surface area (Å²) in [4.78, 5) is 12.7. The fourth-order valence-electron chi connectivity index (χ4n) is 2.22. The molecule has 1 aromatic carbocycles. The number of nitrogens with zero attached hydrogens (tertiary/aromatic N) is 2. The molecule has 2 rings (SSSR count). The maximum atomic E-state index is 11.1. The molecule has 0 amide bonds. The van der Waals surface area contributed by atoms with Crippen LogP contribution in [0.3, 0.4) is 0 Å². The lowest BCUT2D eigenvalue weighted by molar-refractivity contribution is -0.384. The Hall–Kier alpha value is -1.49. The van der Waals surface area contributed by atoms with E-state index in [2.05, 4.69) is 6.92 Å². The molecule has 0 unspecified atom stereocenters. The van der Waals surface area contributed by atoms with Crippen molar-refractivity contribution in [3.05, 3.63) is 27.3 Å². The van der Waals surface area contributed by atoms with Crippen LogP contribution in [-0.4, -0.2) is 18.0 Å². The van der Waals surface area contributed by atoms with Crippen LogP contribution in [-0.2, 0) is 0 Å². The topological polar surface area (TPSA) is 72.4 Å². The second kappa shape index (κ2) is 5.02. The smallest absolute Gasteiger partial charge is 0.294 e. The van der Waals surface area contributed by atoms with Crippen LogP contribution in [0.4, 0.5) is 17.1 Å². The van der Waals surface area contributed by atoms with Gasteiger partial charge in [0.25, 0.3) is 5.69 Å². The zero-order chi connectivity index (χ0) is 13.3. The maximum Gasteiger partial charge on any atom is 0.294 e. The SMILES string of the molecule is CC1CCN(c2cc(N)c(Cl)cc2[N+](=O)[O-])CC1. The molecule has 0 saturated carbocycles. The van der Waals surface area contributed by atoms with Crippen molar-refractivity contribution in [1.29, 1.82) is 0 Å². The predicted molar refractivity (Wildman–Crippen MR) is 73.1 cm³/mol. The van der Waals surface area contributed by atoms with Crippen molar-refractivity contribution in [2.24, 2.45) is 5.92 Å². The number of halogens is 1. The highest BCUT2D eigenvalue weighted by atomic mass is 35.5. The third-order valence-electron chi connectivity index (χ3n) is 3.41. The van der Waals surface area contributed by atoms with Crippen LogP contribution in [0.2, 0.25) is 5.02 Å². The average molecular weight is 270 g/mol. The Kier molecular flexibility index (Phi) is 3.61. The second-order valence-corrected chi connectivity index (χ2v) is 5.20. The van der Waals surface area contributed by atoms with Gasteiger partial charge in [0.1, 0.15) is 5.69 Å². The normalized spacial score (nSPS) is 16.9. The third kappa shape index (κ3) is 2.51. The summed E-state index contributed by atoms with van der Waals surface area (Å²) in [6, 6.07) is 2.95. The van der Waals surface area contributed by atoms with Crippen LogP contribution in [0.25, 0.3) is 0 Å². The van der Waals surface area contributed by atoms with Gasteiger partial charge in [-0.1, -0.05) is 18.5 Å². The number of nitro groups is 1. The molecule has 1 fully saturated rings. The lowest BCUT2D eigenvalue weighted by Gasteiger charge is -2.31. The van der Waals surface area contributed by atoms with Gasteiger partial charge in [-0.3, -0.25) is 10.1 Å². The van der Waals surface area contributed by atoms with Crippen molar-refractivity contribution >= 4 is 28.7 Å². The molecule has 1 aliphatic heterocycles. The molecular formula is C12H16ClN3O2. The molecule has 1 saturated heterocycles. The minimum atomic E-state index is -0.404. The standard InChI is InChI=1S/C12H16ClN3O2/c1-8-2-4-15(5-3-8)11-7-10(14)9(13)6-12(11)16(17)18/h6-8H,2-5,14H2,1H3. The Bertz CT molecular complexity index is 471. The van der Waals surface area contributed by atoms with E-state index < -0.39 is 4.92 Å².